The van der Waals surface area contributed by atoms with E-state index in [-0.39, 0.29) is 11.2 Å². The lowest BCUT2D eigenvalue weighted by molar-refractivity contribution is -0.115. The van der Waals surface area contributed by atoms with Gasteiger partial charge in [0.1, 0.15) is 0 Å². The van der Waals surface area contributed by atoms with Gasteiger partial charge in [-0.05, 0) is 36.8 Å². The summed E-state index contributed by atoms with van der Waals surface area (Å²) >= 11 is 5.47. The number of carbonyl (C=O) groups excluding carboxylic acids is 1. The molecule has 0 radical (unpaired) electrons. The summed E-state index contributed by atoms with van der Waals surface area (Å²) in [6.07, 6.45) is 8.53. The van der Waals surface area contributed by atoms with Crippen molar-refractivity contribution in [2.75, 3.05) is 0 Å². The molecule has 0 aromatic rings. The van der Waals surface area contributed by atoms with E-state index in [0.29, 0.717) is 0 Å². The maximum absolute atomic E-state index is 10.9. The van der Waals surface area contributed by atoms with Crippen LogP contribution in [-0.2, 0) is 4.79 Å². The van der Waals surface area contributed by atoms with E-state index in [2.05, 4.69) is 6.92 Å². The molecule has 1 aliphatic rings. The second-order valence-electron chi connectivity index (χ2n) is 4.18. The first-order valence-electron chi connectivity index (χ1n) is 5.43. The normalized spacial score (nSPS) is 27.8. The predicted molar refractivity (Wildman–Crippen MR) is 55.8 cm³/mol. The molecule has 1 nitrogen and oxygen atoms in total. The van der Waals surface area contributed by atoms with Crippen LogP contribution in [0, 0.1) is 11.8 Å². The number of halogens is 1. The van der Waals surface area contributed by atoms with Crippen LogP contribution in [0.4, 0.5) is 0 Å². The van der Waals surface area contributed by atoms with Crippen LogP contribution in [0.5, 0.6) is 0 Å². The molecule has 2 heteroatoms. The molecule has 1 saturated carbocycles. The summed E-state index contributed by atoms with van der Waals surface area (Å²) < 4.78 is 0. The summed E-state index contributed by atoms with van der Waals surface area (Å²) in [5.74, 6) is 0.951. The third-order valence-electron chi connectivity index (χ3n) is 3.08. The molecule has 0 saturated heterocycles. The Bertz CT molecular complexity index is 167. The molecule has 0 bridgehead atoms. The minimum absolute atomic E-state index is 0.113. The van der Waals surface area contributed by atoms with E-state index in [0.717, 1.165) is 18.8 Å². The van der Waals surface area contributed by atoms with Crippen molar-refractivity contribution >= 4 is 16.8 Å². The molecule has 0 heterocycles. The molecule has 13 heavy (non-hydrogen) atoms. The summed E-state index contributed by atoms with van der Waals surface area (Å²) in [6, 6.07) is 0. The molecule has 0 amide bonds. The van der Waals surface area contributed by atoms with Crippen molar-refractivity contribution in [3.63, 3.8) is 0 Å². The fourth-order valence-electron chi connectivity index (χ4n) is 2.23. The SMILES string of the molecule is CCCCCC1CCC(C(=O)Cl)C1. The number of rotatable bonds is 5. The minimum Gasteiger partial charge on any atom is -0.281 e. The first kappa shape index (κ1) is 11.0. The average Bonchev–Trinajstić information content (AvgIpc) is 2.53. The Labute approximate surface area is 85.8 Å². The smallest absolute Gasteiger partial charge is 0.224 e. The van der Waals surface area contributed by atoms with E-state index in [1.54, 1.807) is 0 Å². The fourth-order valence-corrected chi connectivity index (χ4v) is 2.42. The van der Waals surface area contributed by atoms with Crippen LogP contribution < -0.4 is 0 Å². The molecule has 1 rings (SSSR count). The monoisotopic (exact) mass is 202 g/mol. The number of hydrogen-bond acceptors (Lipinski definition) is 1. The van der Waals surface area contributed by atoms with E-state index in [1.807, 2.05) is 0 Å². The molecule has 2 atom stereocenters. The van der Waals surface area contributed by atoms with Crippen molar-refractivity contribution < 1.29 is 4.79 Å². The summed E-state index contributed by atoms with van der Waals surface area (Å²) in [6.45, 7) is 2.22. The molecule has 0 aromatic heterocycles. The van der Waals surface area contributed by atoms with E-state index >= 15 is 0 Å². The molecule has 0 N–H and O–H groups in total. The zero-order chi connectivity index (χ0) is 9.68. The van der Waals surface area contributed by atoms with E-state index in [4.69, 9.17) is 11.6 Å². The molecular formula is C11H19ClO. The zero-order valence-corrected chi connectivity index (χ0v) is 9.15. The van der Waals surface area contributed by atoms with Crippen molar-refractivity contribution in [2.24, 2.45) is 11.8 Å². The van der Waals surface area contributed by atoms with Gasteiger partial charge in [0.25, 0.3) is 0 Å². The summed E-state index contributed by atoms with van der Waals surface area (Å²) in [7, 11) is 0. The van der Waals surface area contributed by atoms with Gasteiger partial charge in [0.2, 0.25) is 5.24 Å². The standard InChI is InChI=1S/C11H19ClO/c1-2-3-4-5-9-6-7-10(8-9)11(12)13/h9-10H,2-8H2,1H3. The molecule has 1 aliphatic carbocycles. The molecule has 0 spiro atoms. The van der Waals surface area contributed by atoms with Crippen LogP contribution in [0.1, 0.15) is 51.9 Å². The number of hydrogen-bond donors (Lipinski definition) is 0. The largest absolute Gasteiger partial charge is 0.281 e. The van der Waals surface area contributed by atoms with Crippen molar-refractivity contribution in [3.05, 3.63) is 0 Å². The molecule has 2 unspecified atom stereocenters. The quantitative estimate of drug-likeness (QED) is 0.490. The number of carbonyl (C=O) groups is 1. The second kappa shape index (κ2) is 5.64. The predicted octanol–water partition coefficient (Wildman–Crippen LogP) is 3.75. The van der Waals surface area contributed by atoms with Crippen molar-refractivity contribution in [3.8, 4) is 0 Å². The van der Waals surface area contributed by atoms with Gasteiger partial charge < -0.3 is 0 Å². The van der Waals surface area contributed by atoms with E-state index in [1.165, 1.54) is 32.1 Å². The minimum atomic E-state index is -0.113. The van der Waals surface area contributed by atoms with Crippen molar-refractivity contribution in [1.82, 2.24) is 0 Å². The third-order valence-corrected chi connectivity index (χ3v) is 3.39. The molecular weight excluding hydrogens is 184 g/mol. The van der Waals surface area contributed by atoms with Crippen LogP contribution >= 0.6 is 11.6 Å². The topological polar surface area (TPSA) is 17.1 Å². The Morgan fingerprint density at radius 2 is 2.15 bits per heavy atom. The first-order valence-corrected chi connectivity index (χ1v) is 5.81. The maximum atomic E-state index is 10.9. The summed E-state index contributed by atoms with van der Waals surface area (Å²) in [5, 5.41) is -0.113. The van der Waals surface area contributed by atoms with Gasteiger partial charge in [-0.25, -0.2) is 0 Å². The second-order valence-corrected chi connectivity index (χ2v) is 4.55. The average molecular weight is 203 g/mol. The van der Waals surface area contributed by atoms with Crippen molar-refractivity contribution in [2.45, 2.75) is 51.9 Å². The van der Waals surface area contributed by atoms with Crippen LogP contribution in [-0.4, -0.2) is 5.24 Å². The van der Waals surface area contributed by atoms with Crippen LogP contribution in [0.25, 0.3) is 0 Å². The van der Waals surface area contributed by atoms with E-state index in [9.17, 15) is 4.79 Å². The Kier molecular flexibility index (Phi) is 4.79. The molecule has 76 valence electrons. The Morgan fingerprint density at radius 1 is 1.38 bits per heavy atom. The molecule has 0 aliphatic heterocycles. The van der Waals surface area contributed by atoms with Gasteiger partial charge in [0.15, 0.2) is 0 Å². The van der Waals surface area contributed by atoms with Crippen LogP contribution in [0.2, 0.25) is 0 Å². The number of unbranched alkanes of at least 4 members (excludes halogenated alkanes) is 2. The van der Waals surface area contributed by atoms with Gasteiger partial charge in [-0.2, -0.15) is 0 Å². The van der Waals surface area contributed by atoms with Gasteiger partial charge >= 0.3 is 0 Å². The van der Waals surface area contributed by atoms with Gasteiger partial charge in [0, 0.05) is 5.92 Å². The summed E-state index contributed by atoms with van der Waals surface area (Å²) in [5.41, 5.74) is 0. The van der Waals surface area contributed by atoms with E-state index < -0.39 is 0 Å². The fraction of sp³-hybridized carbons (Fsp3) is 0.909. The zero-order valence-electron chi connectivity index (χ0n) is 8.39. The highest BCUT2D eigenvalue weighted by atomic mass is 35.5. The Hall–Kier alpha value is -0.0400. The highest BCUT2D eigenvalue weighted by molar-refractivity contribution is 6.64. The van der Waals surface area contributed by atoms with Gasteiger partial charge in [-0.15, -0.1) is 0 Å². The Morgan fingerprint density at radius 3 is 2.69 bits per heavy atom. The lowest BCUT2D eigenvalue weighted by Crippen LogP contribution is -2.03. The first-order chi connectivity index (χ1) is 6.24. The highest BCUT2D eigenvalue weighted by Gasteiger charge is 2.28. The highest BCUT2D eigenvalue weighted by Crippen LogP contribution is 2.35. The summed E-state index contributed by atoms with van der Waals surface area (Å²) in [4.78, 5) is 10.9. The maximum Gasteiger partial charge on any atom is 0.224 e. The molecule has 1 fully saturated rings. The van der Waals surface area contributed by atoms with Gasteiger partial charge in [-0.1, -0.05) is 32.6 Å². The van der Waals surface area contributed by atoms with Gasteiger partial charge in [0.05, 0.1) is 0 Å². The third kappa shape index (κ3) is 3.68. The van der Waals surface area contributed by atoms with Crippen LogP contribution in [0.3, 0.4) is 0 Å². The lowest BCUT2D eigenvalue weighted by atomic mass is 9.99. The Balaban J connectivity index is 2.14. The lowest BCUT2D eigenvalue weighted by Gasteiger charge is -2.07. The molecule has 0 aromatic carbocycles. The van der Waals surface area contributed by atoms with Crippen molar-refractivity contribution in [1.29, 1.82) is 0 Å². The van der Waals surface area contributed by atoms with Gasteiger partial charge in [-0.3, -0.25) is 4.79 Å². The van der Waals surface area contributed by atoms with Crippen LogP contribution in [0.15, 0.2) is 0 Å².